The molecule has 1 amide bonds. The number of carbonyl (C=O) groups excluding carboxylic acids is 1. The summed E-state index contributed by atoms with van der Waals surface area (Å²) in [6, 6.07) is 7.49. The summed E-state index contributed by atoms with van der Waals surface area (Å²) in [6.07, 6.45) is 3.98. The zero-order chi connectivity index (χ0) is 20.5. The zero-order valence-electron chi connectivity index (χ0n) is 16.6. The van der Waals surface area contributed by atoms with E-state index in [1.807, 2.05) is 37.2 Å². The monoisotopic (exact) mass is 414 g/mol. The fourth-order valence-electron chi connectivity index (χ4n) is 3.14. The number of aromatic nitrogens is 2. The lowest BCUT2D eigenvalue weighted by molar-refractivity contribution is 0.0272. The molecule has 0 bridgehead atoms. The Morgan fingerprint density at radius 1 is 1.31 bits per heavy atom. The quantitative estimate of drug-likeness (QED) is 0.570. The third-order valence-corrected chi connectivity index (χ3v) is 5.29. The van der Waals surface area contributed by atoms with Crippen molar-refractivity contribution < 1.29 is 14.4 Å². The molecular formula is C21H23ClN4O3. The molecule has 1 fully saturated rings. The lowest BCUT2D eigenvalue weighted by Crippen LogP contribution is -2.24. The minimum atomic E-state index is -0.293. The highest BCUT2D eigenvalue weighted by atomic mass is 35.5. The van der Waals surface area contributed by atoms with Crippen molar-refractivity contribution >= 4 is 34.2 Å². The number of rotatable bonds is 7. The Morgan fingerprint density at radius 3 is 2.79 bits per heavy atom. The molecule has 2 heterocycles. The van der Waals surface area contributed by atoms with Gasteiger partial charge in [0.05, 0.1) is 24.3 Å². The van der Waals surface area contributed by atoms with E-state index in [1.54, 1.807) is 19.4 Å². The number of fused-ring (bicyclic) bond motifs is 1. The van der Waals surface area contributed by atoms with Gasteiger partial charge in [0, 0.05) is 42.3 Å². The van der Waals surface area contributed by atoms with Gasteiger partial charge in [-0.2, -0.15) is 4.98 Å². The molecule has 1 aliphatic carbocycles. The standard InChI is InChI=1S/C21H23ClN4O3/c1-26(2)19-7-6-13(21(24-19)28-3)14-8-15-16(10-23-18(15)9-17(14)22)20(27)25-29-11-12-4-5-12/h6-10,12,23H,4-5,11H2,1-3H3,(H,25,27). The number of nitrogens with one attached hydrogen (secondary N) is 2. The molecule has 4 rings (SSSR count). The first kappa shape index (κ1) is 19.5. The maximum Gasteiger partial charge on any atom is 0.277 e. The number of methoxy groups -OCH3 is 1. The maximum atomic E-state index is 12.6. The topological polar surface area (TPSA) is 79.5 Å². The zero-order valence-corrected chi connectivity index (χ0v) is 17.3. The van der Waals surface area contributed by atoms with Crippen molar-refractivity contribution in [1.29, 1.82) is 0 Å². The summed E-state index contributed by atoms with van der Waals surface area (Å²) in [5.74, 6) is 1.51. The minimum absolute atomic E-state index is 0.293. The van der Waals surface area contributed by atoms with Gasteiger partial charge < -0.3 is 14.6 Å². The Hall–Kier alpha value is -2.77. The molecule has 8 heteroatoms. The number of carbonyl (C=O) groups is 1. The summed E-state index contributed by atoms with van der Waals surface area (Å²) in [7, 11) is 5.40. The molecule has 1 aliphatic rings. The number of hydrogen-bond donors (Lipinski definition) is 2. The van der Waals surface area contributed by atoms with E-state index in [0.717, 1.165) is 40.7 Å². The van der Waals surface area contributed by atoms with E-state index < -0.39 is 0 Å². The molecule has 0 spiro atoms. The van der Waals surface area contributed by atoms with Gasteiger partial charge in [-0.15, -0.1) is 0 Å². The highest BCUT2D eigenvalue weighted by Gasteiger charge is 2.23. The lowest BCUT2D eigenvalue weighted by Gasteiger charge is -2.15. The van der Waals surface area contributed by atoms with Crippen LogP contribution in [0.15, 0.2) is 30.5 Å². The van der Waals surface area contributed by atoms with E-state index in [1.165, 1.54) is 0 Å². The SMILES string of the molecule is COc1nc(N(C)C)ccc1-c1cc2c(C(=O)NOCC3CC3)c[nH]c2cc1Cl. The highest BCUT2D eigenvalue weighted by Crippen LogP contribution is 2.38. The Kier molecular flexibility index (Phi) is 5.34. The summed E-state index contributed by atoms with van der Waals surface area (Å²) in [6.45, 7) is 0.548. The van der Waals surface area contributed by atoms with E-state index in [0.29, 0.717) is 29.0 Å². The summed E-state index contributed by atoms with van der Waals surface area (Å²) in [5.41, 5.74) is 5.28. The molecule has 29 heavy (non-hydrogen) atoms. The van der Waals surface area contributed by atoms with Crippen LogP contribution >= 0.6 is 11.6 Å². The lowest BCUT2D eigenvalue weighted by atomic mass is 10.0. The number of benzene rings is 1. The molecule has 3 aromatic rings. The fourth-order valence-corrected chi connectivity index (χ4v) is 3.41. The summed E-state index contributed by atoms with van der Waals surface area (Å²) < 4.78 is 5.49. The molecular weight excluding hydrogens is 392 g/mol. The van der Waals surface area contributed by atoms with Crippen LogP contribution in [0.5, 0.6) is 5.88 Å². The predicted molar refractivity (Wildman–Crippen MR) is 114 cm³/mol. The number of aromatic amines is 1. The van der Waals surface area contributed by atoms with Crippen LogP contribution in [0.3, 0.4) is 0 Å². The fraction of sp³-hybridized carbons (Fsp3) is 0.333. The van der Waals surface area contributed by atoms with Gasteiger partial charge in [-0.3, -0.25) is 9.63 Å². The Labute approximate surface area is 173 Å². The largest absolute Gasteiger partial charge is 0.480 e. The predicted octanol–water partition coefficient (Wildman–Crippen LogP) is 4.03. The Morgan fingerprint density at radius 2 is 2.10 bits per heavy atom. The summed E-state index contributed by atoms with van der Waals surface area (Å²) in [5, 5.41) is 1.28. The third kappa shape index (κ3) is 4.02. The molecule has 7 nitrogen and oxygen atoms in total. The van der Waals surface area contributed by atoms with E-state index in [-0.39, 0.29) is 5.91 Å². The molecule has 2 aromatic heterocycles. The van der Waals surface area contributed by atoms with Gasteiger partial charge in [-0.25, -0.2) is 5.48 Å². The van der Waals surface area contributed by atoms with Gasteiger partial charge in [0.1, 0.15) is 5.82 Å². The average molecular weight is 415 g/mol. The number of nitrogens with zero attached hydrogens (tertiary/aromatic N) is 2. The number of hydrogen-bond acceptors (Lipinski definition) is 5. The van der Waals surface area contributed by atoms with Crippen LogP contribution in [0, 0.1) is 5.92 Å². The van der Waals surface area contributed by atoms with E-state index in [2.05, 4.69) is 15.4 Å². The number of amides is 1. The molecule has 0 aliphatic heterocycles. The Bertz CT molecular complexity index is 1060. The molecule has 1 saturated carbocycles. The maximum absolute atomic E-state index is 12.6. The van der Waals surface area contributed by atoms with Crippen molar-refractivity contribution in [2.75, 3.05) is 32.7 Å². The number of halogens is 1. The Balaban J connectivity index is 1.70. The number of anilines is 1. The number of hydroxylamine groups is 1. The van der Waals surface area contributed by atoms with Crippen LogP contribution in [0.4, 0.5) is 5.82 Å². The van der Waals surface area contributed by atoms with Gasteiger partial charge in [-0.1, -0.05) is 11.6 Å². The van der Waals surface area contributed by atoms with Crippen molar-refractivity contribution in [3.63, 3.8) is 0 Å². The number of ether oxygens (including phenoxy) is 1. The second-order valence-corrected chi connectivity index (χ2v) is 7.79. The van der Waals surface area contributed by atoms with E-state index >= 15 is 0 Å². The van der Waals surface area contributed by atoms with Gasteiger partial charge >= 0.3 is 0 Å². The van der Waals surface area contributed by atoms with Gasteiger partial charge in [0.15, 0.2) is 0 Å². The molecule has 0 atom stereocenters. The average Bonchev–Trinajstić information content (AvgIpc) is 3.44. The van der Waals surface area contributed by atoms with Gasteiger partial charge in [0.25, 0.3) is 5.91 Å². The first-order valence-corrected chi connectivity index (χ1v) is 9.81. The van der Waals surface area contributed by atoms with Crippen LogP contribution in [0.25, 0.3) is 22.0 Å². The van der Waals surface area contributed by atoms with Crippen LogP contribution in [0.2, 0.25) is 5.02 Å². The molecule has 0 unspecified atom stereocenters. The molecule has 0 radical (unpaired) electrons. The first-order chi connectivity index (χ1) is 14.0. The smallest absolute Gasteiger partial charge is 0.277 e. The molecule has 152 valence electrons. The summed E-state index contributed by atoms with van der Waals surface area (Å²) in [4.78, 5) is 27.4. The second kappa shape index (κ2) is 7.93. The highest BCUT2D eigenvalue weighted by molar-refractivity contribution is 6.34. The number of pyridine rings is 1. The number of H-pyrrole nitrogens is 1. The van der Waals surface area contributed by atoms with Crippen LogP contribution in [0.1, 0.15) is 23.2 Å². The van der Waals surface area contributed by atoms with Crippen molar-refractivity contribution in [2.24, 2.45) is 5.92 Å². The normalized spacial score (nSPS) is 13.5. The van der Waals surface area contributed by atoms with Crippen molar-refractivity contribution in [3.8, 4) is 17.0 Å². The molecule has 0 saturated heterocycles. The summed E-state index contributed by atoms with van der Waals surface area (Å²) >= 11 is 6.54. The van der Waals surface area contributed by atoms with Crippen molar-refractivity contribution in [3.05, 3.63) is 41.0 Å². The van der Waals surface area contributed by atoms with Crippen LogP contribution in [-0.4, -0.2) is 43.7 Å². The van der Waals surface area contributed by atoms with Gasteiger partial charge in [-0.05, 0) is 43.0 Å². The molecule has 1 aromatic carbocycles. The van der Waals surface area contributed by atoms with Gasteiger partial charge in [0.2, 0.25) is 5.88 Å². The third-order valence-electron chi connectivity index (χ3n) is 4.98. The van der Waals surface area contributed by atoms with E-state index in [9.17, 15) is 4.79 Å². The minimum Gasteiger partial charge on any atom is -0.480 e. The van der Waals surface area contributed by atoms with Crippen molar-refractivity contribution in [1.82, 2.24) is 15.4 Å². The van der Waals surface area contributed by atoms with Crippen molar-refractivity contribution in [2.45, 2.75) is 12.8 Å². The van der Waals surface area contributed by atoms with Crippen LogP contribution in [-0.2, 0) is 4.84 Å². The second-order valence-electron chi connectivity index (χ2n) is 7.39. The van der Waals surface area contributed by atoms with Crippen LogP contribution < -0.4 is 15.1 Å². The van der Waals surface area contributed by atoms with E-state index in [4.69, 9.17) is 21.2 Å². The first-order valence-electron chi connectivity index (χ1n) is 9.43. The molecule has 2 N–H and O–H groups in total.